The summed E-state index contributed by atoms with van der Waals surface area (Å²) in [6.07, 6.45) is 0. The van der Waals surface area contributed by atoms with Gasteiger partial charge in [-0.15, -0.1) is 0 Å². The average Bonchev–Trinajstić information content (AvgIpc) is 2.73. The molecule has 1 aliphatic rings. The number of methoxy groups -OCH3 is 3. The number of carbonyl (C=O) groups excluding carboxylic acids is 1. The lowest BCUT2D eigenvalue weighted by atomic mass is 10.1. The third-order valence-electron chi connectivity index (χ3n) is 5.14. The number of rotatable bonds is 7. The van der Waals surface area contributed by atoms with E-state index in [-0.39, 0.29) is 5.78 Å². The Morgan fingerprint density at radius 1 is 0.893 bits per heavy atom. The third kappa shape index (κ3) is 4.39. The van der Waals surface area contributed by atoms with Crippen molar-refractivity contribution in [1.82, 2.24) is 4.90 Å². The summed E-state index contributed by atoms with van der Waals surface area (Å²) >= 11 is 0. The second-order valence-electron chi connectivity index (χ2n) is 6.90. The summed E-state index contributed by atoms with van der Waals surface area (Å²) in [6, 6.07) is 11.9. The van der Waals surface area contributed by atoms with E-state index in [0.717, 1.165) is 49.5 Å². The Morgan fingerprint density at radius 3 is 1.93 bits per heavy atom. The van der Waals surface area contributed by atoms with Crippen LogP contribution in [0.4, 0.5) is 5.69 Å². The minimum Gasteiger partial charge on any atom is -0.493 e. The molecule has 0 spiro atoms. The van der Waals surface area contributed by atoms with E-state index in [4.69, 9.17) is 14.2 Å². The van der Waals surface area contributed by atoms with Crippen molar-refractivity contribution < 1.29 is 19.0 Å². The normalized spacial score (nSPS) is 14.6. The predicted octanol–water partition coefficient (Wildman–Crippen LogP) is 3.24. The van der Waals surface area contributed by atoms with Crippen molar-refractivity contribution in [3.8, 4) is 17.2 Å². The van der Waals surface area contributed by atoms with E-state index in [2.05, 4.69) is 9.80 Å². The van der Waals surface area contributed by atoms with Gasteiger partial charge in [0.25, 0.3) is 0 Å². The van der Waals surface area contributed by atoms with Crippen molar-refractivity contribution in [1.29, 1.82) is 0 Å². The molecule has 3 rings (SSSR count). The number of benzene rings is 2. The number of Topliss-reactive ketones (excluding diaryl/α,β-unsaturated/α-hetero) is 1. The minimum atomic E-state index is 0.0988. The van der Waals surface area contributed by atoms with Gasteiger partial charge in [0.1, 0.15) is 0 Å². The largest absolute Gasteiger partial charge is 0.493 e. The lowest BCUT2D eigenvalue weighted by molar-refractivity contribution is 0.101. The van der Waals surface area contributed by atoms with Gasteiger partial charge in [-0.05, 0) is 48.9 Å². The van der Waals surface area contributed by atoms with Gasteiger partial charge in [-0.3, -0.25) is 9.69 Å². The Kier molecular flexibility index (Phi) is 6.41. The van der Waals surface area contributed by atoms with E-state index < -0.39 is 0 Å². The molecule has 2 aromatic rings. The van der Waals surface area contributed by atoms with Crippen LogP contribution in [0.5, 0.6) is 17.2 Å². The molecule has 0 atom stereocenters. The third-order valence-corrected chi connectivity index (χ3v) is 5.14. The van der Waals surface area contributed by atoms with Gasteiger partial charge < -0.3 is 19.1 Å². The number of carbonyl (C=O) groups is 1. The fourth-order valence-electron chi connectivity index (χ4n) is 3.56. The van der Waals surface area contributed by atoms with Crippen molar-refractivity contribution >= 4 is 11.5 Å². The van der Waals surface area contributed by atoms with Crippen LogP contribution in [0.3, 0.4) is 0 Å². The van der Waals surface area contributed by atoms with Gasteiger partial charge in [-0.2, -0.15) is 0 Å². The minimum absolute atomic E-state index is 0.0988. The lowest BCUT2D eigenvalue weighted by Crippen LogP contribution is -2.45. The standard InChI is InChI=1S/C22H28N2O4/c1-16(25)18-5-7-19(8-6-18)24-11-9-23(10-12-24)15-17-13-20(26-2)22(28-4)21(14-17)27-3/h5-8,13-14H,9-12,15H2,1-4H3. The Hall–Kier alpha value is -2.73. The van der Waals surface area contributed by atoms with Crippen molar-refractivity contribution in [3.63, 3.8) is 0 Å². The molecule has 0 aliphatic carbocycles. The van der Waals surface area contributed by atoms with E-state index in [1.807, 2.05) is 36.4 Å². The Morgan fingerprint density at radius 2 is 1.46 bits per heavy atom. The Balaban J connectivity index is 1.63. The molecule has 6 heteroatoms. The Bertz CT molecular complexity index is 787. The van der Waals surface area contributed by atoms with Gasteiger partial charge in [-0.25, -0.2) is 0 Å². The van der Waals surface area contributed by atoms with Crippen LogP contribution in [0.25, 0.3) is 0 Å². The van der Waals surface area contributed by atoms with Crippen molar-refractivity contribution in [2.24, 2.45) is 0 Å². The fourth-order valence-corrected chi connectivity index (χ4v) is 3.56. The fraction of sp³-hybridized carbons (Fsp3) is 0.409. The zero-order chi connectivity index (χ0) is 20.1. The number of hydrogen-bond acceptors (Lipinski definition) is 6. The number of ether oxygens (including phenoxy) is 3. The first kappa shape index (κ1) is 20.0. The molecule has 0 aromatic heterocycles. The second kappa shape index (κ2) is 8.97. The van der Waals surface area contributed by atoms with Crippen LogP contribution < -0.4 is 19.1 Å². The summed E-state index contributed by atoms with van der Waals surface area (Å²) in [7, 11) is 4.89. The summed E-state index contributed by atoms with van der Waals surface area (Å²) in [6.45, 7) is 6.24. The molecule has 6 nitrogen and oxygen atoms in total. The molecular formula is C22H28N2O4. The molecule has 28 heavy (non-hydrogen) atoms. The van der Waals surface area contributed by atoms with E-state index in [0.29, 0.717) is 17.2 Å². The van der Waals surface area contributed by atoms with Crippen LogP contribution in [-0.2, 0) is 6.54 Å². The number of nitrogens with zero attached hydrogens (tertiary/aromatic N) is 2. The van der Waals surface area contributed by atoms with Crippen LogP contribution in [0, 0.1) is 0 Å². The van der Waals surface area contributed by atoms with E-state index >= 15 is 0 Å². The Labute approximate surface area is 166 Å². The molecule has 1 fully saturated rings. The zero-order valence-electron chi connectivity index (χ0n) is 17.0. The molecule has 1 aliphatic heterocycles. The van der Waals surface area contributed by atoms with Crippen LogP contribution in [0.15, 0.2) is 36.4 Å². The number of hydrogen-bond donors (Lipinski definition) is 0. The molecule has 0 radical (unpaired) electrons. The first-order chi connectivity index (χ1) is 13.5. The molecule has 2 aromatic carbocycles. The first-order valence-electron chi connectivity index (χ1n) is 9.43. The monoisotopic (exact) mass is 384 g/mol. The van der Waals surface area contributed by atoms with E-state index in [9.17, 15) is 4.79 Å². The van der Waals surface area contributed by atoms with Gasteiger partial charge in [0.15, 0.2) is 17.3 Å². The maximum Gasteiger partial charge on any atom is 0.203 e. The van der Waals surface area contributed by atoms with Gasteiger partial charge in [0, 0.05) is 44.0 Å². The van der Waals surface area contributed by atoms with Crippen LogP contribution in [-0.4, -0.2) is 58.2 Å². The smallest absolute Gasteiger partial charge is 0.203 e. The maximum absolute atomic E-state index is 11.4. The van der Waals surface area contributed by atoms with E-state index in [1.165, 1.54) is 0 Å². The van der Waals surface area contributed by atoms with Gasteiger partial charge in [-0.1, -0.05) is 0 Å². The number of piperazine rings is 1. The molecule has 0 amide bonds. The number of ketones is 1. The van der Waals surface area contributed by atoms with Crippen LogP contribution in [0.2, 0.25) is 0 Å². The summed E-state index contributed by atoms with van der Waals surface area (Å²) in [5.41, 5.74) is 3.05. The SMILES string of the molecule is COc1cc(CN2CCN(c3ccc(C(C)=O)cc3)CC2)cc(OC)c1OC. The van der Waals surface area contributed by atoms with Crippen molar-refractivity contribution in [3.05, 3.63) is 47.5 Å². The first-order valence-corrected chi connectivity index (χ1v) is 9.43. The average molecular weight is 384 g/mol. The lowest BCUT2D eigenvalue weighted by Gasteiger charge is -2.36. The quantitative estimate of drug-likeness (QED) is 0.683. The molecule has 0 bridgehead atoms. The highest BCUT2D eigenvalue weighted by Gasteiger charge is 2.19. The summed E-state index contributed by atoms with van der Waals surface area (Å²) in [5.74, 6) is 2.08. The molecule has 0 saturated carbocycles. The van der Waals surface area contributed by atoms with Gasteiger partial charge >= 0.3 is 0 Å². The van der Waals surface area contributed by atoms with Crippen molar-refractivity contribution in [2.75, 3.05) is 52.4 Å². The summed E-state index contributed by atoms with van der Waals surface area (Å²) < 4.78 is 16.3. The van der Waals surface area contributed by atoms with Gasteiger partial charge in [0.05, 0.1) is 21.3 Å². The predicted molar refractivity (Wildman–Crippen MR) is 110 cm³/mol. The highest BCUT2D eigenvalue weighted by molar-refractivity contribution is 5.94. The highest BCUT2D eigenvalue weighted by atomic mass is 16.5. The highest BCUT2D eigenvalue weighted by Crippen LogP contribution is 2.38. The summed E-state index contributed by atoms with van der Waals surface area (Å²) in [5, 5.41) is 0. The molecular weight excluding hydrogens is 356 g/mol. The molecule has 1 saturated heterocycles. The van der Waals surface area contributed by atoms with Crippen LogP contribution in [0.1, 0.15) is 22.8 Å². The second-order valence-corrected chi connectivity index (χ2v) is 6.90. The molecule has 0 N–H and O–H groups in total. The zero-order valence-corrected chi connectivity index (χ0v) is 17.0. The molecule has 0 unspecified atom stereocenters. The maximum atomic E-state index is 11.4. The molecule has 1 heterocycles. The van der Waals surface area contributed by atoms with Gasteiger partial charge in [0.2, 0.25) is 5.75 Å². The summed E-state index contributed by atoms with van der Waals surface area (Å²) in [4.78, 5) is 16.2. The molecule has 150 valence electrons. The number of anilines is 1. The van der Waals surface area contributed by atoms with E-state index in [1.54, 1.807) is 28.3 Å². The van der Waals surface area contributed by atoms with Crippen LogP contribution >= 0.6 is 0 Å². The van der Waals surface area contributed by atoms with Crippen molar-refractivity contribution in [2.45, 2.75) is 13.5 Å². The topological polar surface area (TPSA) is 51.2 Å².